The van der Waals surface area contributed by atoms with E-state index in [2.05, 4.69) is 29.8 Å². The Hall–Kier alpha value is -1.58. The van der Waals surface area contributed by atoms with Gasteiger partial charge in [0.15, 0.2) is 11.5 Å². The minimum absolute atomic E-state index is 0.107. The largest absolute Gasteiger partial charge is 0.490 e. The van der Waals surface area contributed by atoms with Crippen LogP contribution in [-0.2, 0) is 14.3 Å². The van der Waals surface area contributed by atoms with Gasteiger partial charge in [-0.15, -0.1) is 0 Å². The predicted octanol–water partition coefficient (Wildman–Crippen LogP) is 5.43. The first-order chi connectivity index (χ1) is 14.8. The lowest BCUT2D eigenvalue weighted by Gasteiger charge is -2.15. The van der Waals surface area contributed by atoms with E-state index >= 15 is 0 Å². The number of amides is 1. The molecule has 170 valence electrons. The Bertz CT molecular complexity index is 857. The van der Waals surface area contributed by atoms with E-state index in [0.717, 1.165) is 16.5 Å². The molecule has 1 aliphatic heterocycles. The van der Waals surface area contributed by atoms with Crippen LogP contribution in [0.4, 0.5) is 0 Å². The highest BCUT2D eigenvalue weighted by Gasteiger charge is 2.32. The molecule has 1 heterocycles. The van der Waals surface area contributed by atoms with Crippen LogP contribution < -0.4 is 9.47 Å². The van der Waals surface area contributed by atoms with Gasteiger partial charge in [0.2, 0.25) is 0 Å². The molecule has 2 rings (SSSR count). The van der Waals surface area contributed by atoms with Crippen molar-refractivity contribution < 1.29 is 23.8 Å². The van der Waals surface area contributed by atoms with Gasteiger partial charge in [0.05, 0.1) is 35.6 Å². The first-order valence-corrected chi connectivity index (χ1v) is 12.3. The normalized spacial score (nSPS) is 15.2. The number of halogens is 1. The molecule has 1 aromatic rings. The maximum Gasteiger partial charge on any atom is 0.307 e. The third-order valence-electron chi connectivity index (χ3n) is 4.29. The van der Waals surface area contributed by atoms with Gasteiger partial charge >= 0.3 is 5.97 Å². The van der Waals surface area contributed by atoms with E-state index in [4.69, 9.17) is 26.4 Å². The second-order valence-corrected chi connectivity index (χ2v) is 9.71. The molecule has 1 aliphatic rings. The number of nitrogens with zero attached hydrogens (tertiary/aromatic N) is 1. The Morgan fingerprint density at radius 2 is 2.00 bits per heavy atom. The molecule has 9 heteroatoms. The zero-order valence-electron chi connectivity index (χ0n) is 18.2. The van der Waals surface area contributed by atoms with Crippen LogP contribution in [0.2, 0.25) is 0 Å². The molecule has 0 saturated carbocycles. The van der Waals surface area contributed by atoms with Crippen molar-refractivity contribution >= 4 is 62.2 Å². The van der Waals surface area contributed by atoms with Crippen molar-refractivity contribution in [2.24, 2.45) is 5.92 Å². The van der Waals surface area contributed by atoms with Crippen molar-refractivity contribution in [2.45, 2.75) is 40.5 Å². The maximum atomic E-state index is 12.8. The standard InChI is InChI=1S/C22H28BrNO5S2/c1-5-27-17-12-15(11-16(23)20(17)29-10-8-14(3)4)13-18-21(26)24(22(30)31-18)9-7-19(25)28-6-2/h11-14H,5-10H2,1-4H3/b18-13+. The van der Waals surface area contributed by atoms with Crippen LogP contribution in [0.15, 0.2) is 21.5 Å². The summed E-state index contributed by atoms with van der Waals surface area (Å²) in [5.74, 6) is 1.25. The molecule has 0 spiro atoms. The van der Waals surface area contributed by atoms with Crippen LogP contribution in [0, 0.1) is 5.92 Å². The number of thioether (sulfide) groups is 1. The molecular formula is C22H28BrNO5S2. The van der Waals surface area contributed by atoms with E-state index in [0.29, 0.717) is 46.5 Å². The number of esters is 1. The van der Waals surface area contributed by atoms with Gasteiger partial charge in [0.25, 0.3) is 5.91 Å². The minimum Gasteiger partial charge on any atom is -0.490 e. The lowest BCUT2D eigenvalue weighted by molar-refractivity contribution is -0.143. The molecule has 1 fully saturated rings. The molecule has 0 N–H and O–H groups in total. The molecule has 1 amide bonds. The van der Waals surface area contributed by atoms with E-state index in [1.54, 1.807) is 13.0 Å². The Kier molecular flexibility index (Phi) is 10.3. The number of benzene rings is 1. The lowest BCUT2D eigenvalue weighted by Crippen LogP contribution is -2.30. The smallest absolute Gasteiger partial charge is 0.307 e. The molecule has 0 aliphatic carbocycles. The van der Waals surface area contributed by atoms with Gasteiger partial charge in [-0.25, -0.2) is 0 Å². The first kappa shape index (κ1) is 25.7. The molecule has 31 heavy (non-hydrogen) atoms. The van der Waals surface area contributed by atoms with Crippen molar-refractivity contribution in [3.8, 4) is 11.5 Å². The lowest BCUT2D eigenvalue weighted by atomic mass is 10.1. The fraction of sp³-hybridized carbons (Fsp3) is 0.500. The summed E-state index contributed by atoms with van der Waals surface area (Å²) in [6.45, 7) is 9.55. The van der Waals surface area contributed by atoms with E-state index < -0.39 is 0 Å². The molecule has 0 bridgehead atoms. The quantitative estimate of drug-likeness (QED) is 0.215. The number of thiocarbonyl (C=S) groups is 1. The molecular weight excluding hydrogens is 502 g/mol. The Labute approximate surface area is 201 Å². The van der Waals surface area contributed by atoms with Crippen LogP contribution in [0.1, 0.15) is 46.1 Å². The van der Waals surface area contributed by atoms with Crippen LogP contribution >= 0.6 is 39.9 Å². The predicted molar refractivity (Wildman–Crippen MR) is 131 cm³/mol. The summed E-state index contributed by atoms with van der Waals surface area (Å²) >= 11 is 10.1. The number of hydrogen-bond acceptors (Lipinski definition) is 7. The number of ether oxygens (including phenoxy) is 3. The SMILES string of the molecule is CCOC(=O)CCN1C(=O)/C(=C\c2cc(Br)c(OCCC(C)C)c(OCC)c2)SC1=S. The second-order valence-electron chi connectivity index (χ2n) is 7.18. The highest BCUT2D eigenvalue weighted by atomic mass is 79.9. The Morgan fingerprint density at radius 1 is 1.26 bits per heavy atom. The van der Waals surface area contributed by atoms with Crippen molar-refractivity contribution in [1.29, 1.82) is 0 Å². The zero-order valence-corrected chi connectivity index (χ0v) is 21.5. The van der Waals surface area contributed by atoms with Gasteiger partial charge in [-0.2, -0.15) is 0 Å². The van der Waals surface area contributed by atoms with E-state index in [-0.39, 0.29) is 24.8 Å². The molecule has 0 unspecified atom stereocenters. The van der Waals surface area contributed by atoms with Crippen molar-refractivity contribution in [1.82, 2.24) is 4.90 Å². The highest BCUT2D eigenvalue weighted by Crippen LogP contribution is 2.39. The van der Waals surface area contributed by atoms with Crippen LogP contribution in [0.5, 0.6) is 11.5 Å². The Morgan fingerprint density at radius 3 is 2.65 bits per heavy atom. The fourth-order valence-electron chi connectivity index (χ4n) is 2.75. The van der Waals surface area contributed by atoms with E-state index in [1.807, 2.05) is 19.1 Å². The molecule has 0 radical (unpaired) electrons. The summed E-state index contributed by atoms with van der Waals surface area (Å²) < 4.78 is 17.8. The van der Waals surface area contributed by atoms with Crippen molar-refractivity contribution in [2.75, 3.05) is 26.4 Å². The summed E-state index contributed by atoms with van der Waals surface area (Å²) in [5.41, 5.74) is 0.789. The van der Waals surface area contributed by atoms with Crippen molar-refractivity contribution in [3.05, 3.63) is 27.1 Å². The minimum atomic E-state index is -0.348. The number of hydrogen-bond donors (Lipinski definition) is 0. The Balaban J connectivity index is 2.19. The number of rotatable bonds is 11. The van der Waals surface area contributed by atoms with Gasteiger partial charge in [-0.1, -0.05) is 37.8 Å². The van der Waals surface area contributed by atoms with Gasteiger partial charge < -0.3 is 14.2 Å². The molecule has 6 nitrogen and oxygen atoms in total. The number of carbonyl (C=O) groups is 2. The third kappa shape index (κ3) is 7.50. The van der Waals surface area contributed by atoms with Gasteiger partial charge in [-0.3, -0.25) is 14.5 Å². The third-order valence-corrected chi connectivity index (χ3v) is 6.26. The topological polar surface area (TPSA) is 65.1 Å². The van der Waals surface area contributed by atoms with Gasteiger partial charge in [0.1, 0.15) is 4.32 Å². The summed E-state index contributed by atoms with van der Waals surface area (Å²) in [4.78, 5) is 26.3. The molecule has 0 atom stereocenters. The van der Waals surface area contributed by atoms with Crippen LogP contribution in [-0.4, -0.2) is 47.5 Å². The monoisotopic (exact) mass is 529 g/mol. The summed E-state index contributed by atoms with van der Waals surface area (Å²) in [5, 5.41) is 0. The summed E-state index contributed by atoms with van der Waals surface area (Å²) in [7, 11) is 0. The molecule has 1 saturated heterocycles. The average Bonchev–Trinajstić information content (AvgIpc) is 2.95. The van der Waals surface area contributed by atoms with Crippen molar-refractivity contribution in [3.63, 3.8) is 0 Å². The fourth-order valence-corrected chi connectivity index (χ4v) is 4.63. The van der Waals surface area contributed by atoms with Crippen LogP contribution in [0.3, 0.4) is 0 Å². The maximum absolute atomic E-state index is 12.8. The van der Waals surface area contributed by atoms with Gasteiger partial charge in [0, 0.05) is 6.54 Å². The second kappa shape index (κ2) is 12.5. The van der Waals surface area contributed by atoms with Gasteiger partial charge in [-0.05, 0) is 65.9 Å². The summed E-state index contributed by atoms with van der Waals surface area (Å²) in [6.07, 6.45) is 2.82. The highest BCUT2D eigenvalue weighted by molar-refractivity contribution is 9.10. The zero-order chi connectivity index (χ0) is 23.0. The molecule has 1 aromatic carbocycles. The number of carbonyl (C=O) groups excluding carboxylic acids is 2. The van der Waals surface area contributed by atoms with E-state index in [1.165, 1.54) is 16.7 Å². The average molecular weight is 531 g/mol. The molecule has 0 aromatic heterocycles. The van der Waals surface area contributed by atoms with Crippen LogP contribution in [0.25, 0.3) is 6.08 Å². The first-order valence-electron chi connectivity index (χ1n) is 10.3. The summed E-state index contributed by atoms with van der Waals surface area (Å²) in [6, 6.07) is 3.74. The van der Waals surface area contributed by atoms with E-state index in [9.17, 15) is 9.59 Å².